The standard InChI is InChI=1S/C18H39O2P.Na/c1-2-3-4-5-6-7-8-9-10-11-12-13-14-15-16-17-18-21(19)20;/h21H,2-18H2,1H3,(H,19,20);/q;+1/p-1. The summed E-state index contributed by atoms with van der Waals surface area (Å²) in [6.07, 6.45) is 21.8. The Morgan fingerprint density at radius 2 is 0.864 bits per heavy atom. The first-order chi connectivity index (χ1) is 10.3. The van der Waals surface area contributed by atoms with Gasteiger partial charge in [0.25, 0.3) is 0 Å². The van der Waals surface area contributed by atoms with E-state index in [9.17, 15) is 9.46 Å². The molecule has 4 heteroatoms. The van der Waals surface area contributed by atoms with Crippen molar-refractivity contribution in [1.29, 1.82) is 0 Å². The molecule has 0 aliphatic rings. The van der Waals surface area contributed by atoms with Gasteiger partial charge >= 0.3 is 29.6 Å². The molecule has 0 aromatic carbocycles. The third-order valence-corrected chi connectivity index (χ3v) is 5.00. The van der Waals surface area contributed by atoms with Gasteiger partial charge in [0.2, 0.25) is 0 Å². The van der Waals surface area contributed by atoms with Gasteiger partial charge in [-0.15, -0.1) is 0 Å². The summed E-state index contributed by atoms with van der Waals surface area (Å²) in [7, 11) is -2.45. The van der Waals surface area contributed by atoms with Crippen LogP contribution < -0.4 is 34.5 Å². The second kappa shape index (κ2) is 22.2. The summed E-state index contributed by atoms with van der Waals surface area (Å²) in [5.74, 6) is 0. The number of hydrogen-bond donors (Lipinski definition) is 0. The zero-order valence-electron chi connectivity index (χ0n) is 15.3. The molecule has 1 atom stereocenters. The Labute approximate surface area is 162 Å². The van der Waals surface area contributed by atoms with Crippen molar-refractivity contribution in [3.63, 3.8) is 0 Å². The molecule has 0 N–H and O–H groups in total. The molecule has 128 valence electrons. The van der Waals surface area contributed by atoms with Crippen LogP contribution in [0.5, 0.6) is 0 Å². The molecule has 0 fully saturated rings. The fourth-order valence-electron chi connectivity index (χ4n) is 2.82. The molecular formula is C18H38NaO2P. The first kappa shape index (κ1) is 25.4. The van der Waals surface area contributed by atoms with E-state index in [-0.39, 0.29) is 29.6 Å². The van der Waals surface area contributed by atoms with E-state index in [1.54, 1.807) is 0 Å². The van der Waals surface area contributed by atoms with Crippen molar-refractivity contribution in [2.75, 3.05) is 6.16 Å². The average Bonchev–Trinajstić information content (AvgIpc) is 2.46. The molecule has 0 saturated heterocycles. The predicted octanol–water partition coefficient (Wildman–Crippen LogP) is 3.09. The van der Waals surface area contributed by atoms with Crippen LogP contribution in [0.1, 0.15) is 110 Å². The maximum Gasteiger partial charge on any atom is 1.00 e. The second-order valence-electron chi connectivity index (χ2n) is 6.43. The monoisotopic (exact) mass is 340 g/mol. The van der Waals surface area contributed by atoms with Crippen LogP contribution in [0.25, 0.3) is 0 Å². The largest absolute Gasteiger partial charge is 1.00 e. The van der Waals surface area contributed by atoms with Crippen molar-refractivity contribution in [3.05, 3.63) is 0 Å². The summed E-state index contributed by atoms with van der Waals surface area (Å²) in [6.45, 7) is 2.27. The van der Waals surface area contributed by atoms with Gasteiger partial charge in [-0.1, -0.05) is 103 Å². The van der Waals surface area contributed by atoms with Crippen LogP contribution in [-0.2, 0) is 4.57 Å². The molecule has 0 aromatic heterocycles. The van der Waals surface area contributed by atoms with Gasteiger partial charge in [0.1, 0.15) is 0 Å². The van der Waals surface area contributed by atoms with Crippen molar-refractivity contribution in [2.24, 2.45) is 0 Å². The van der Waals surface area contributed by atoms with Crippen LogP contribution in [0, 0.1) is 0 Å². The fourth-order valence-corrected chi connectivity index (χ4v) is 3.36. The van der Waals surface area contributed by atoms with Gasteiger partial charge in [0.05, 0.1) is 0 Å². The van der Waals surface area contributed by atoms with Crippen molar-refractivity contribution < 1.29 is 39.0 Å². The summed E-state index contributed by atoms with van der Waals surface area (Å²) in [6, 6.07) is 0. The van der Waals surface area contributed by atoms with Crippen LogP contribution >= 0.6 is 8.03 Å². The van der Waals surface area contributed by atoms with E-state index >= 15 is 0 Å². The third-order valence-electron chi connectivity index (χ3n) is 4.23. The van der Waals surface area contributed by atoms with Gasteiger partial charge in [-0.05, 0) is 12.6 Å². The van der Waals surface area contributed by atoms with Crippen LogP contribution in [0.2, 0.25) is 0 Å². The van der Waals surface area contributed by atoms with Crippen LogP contribution in [-0.4, -0.2) is 6.16 Å². The van der Waals surface area contributed by atoms with Gasteiger partial charge < -0.3 is 9.46 Å². The normalized spacial score (nSPS) is 12.1. The van der Waals surface area contributed by atoms with Crippen LogP contribution in [0.3, 0.4) is 0 Å². The summed E-state index contributed by atoms with van der Waals surface area (Å²) >= 11 is 0. The summed E-state index contributed by atoms with van der Waals surface area (Å²) in [5.41, 5.74) is 0. The summed E-state index contributed by atoms with van der Waals surface area (Å²) in [5, 5.41) is 0. The topological polar surface area (TPSA) is 40.1 Å². The van der Waals surface area contributed by atoms with E-state index < -0.39 is 8.03 Å². The first-order valence-corrected chi connectivity index (χ1v) is 11.0. The molecule has 0 aliphatic heterocycles. The van der Waals surface area contributed by atoms with Crippen molar-refractivity contribution in [2.45, 2.75) is 110 Å². The maximum atomic E-state index is 10.4. The average molecular weight is 340 g/mol. The van der Waals surface area contributed by atoms with E-state index in [0.717, 1.165) is 12.8 Å². The van der Waals surface area contributed by atoms with Gasteiger partial charge in [-0.2, -0.15) is 0 Å². The fraction of sp³-hybridized carbons (Fsp3) is 1.00. The maximum absolute atomic E-state index is 10.4. The minimum Gasteiger partial charge on any atom is -0.802 e. The minimum atomic E-state index is -2.45. The van der Waals surface area contributed by atoms with Gasteiger partial charge in [0, 0.05) is 8.03 Å². The molecule has 1 unspecified atom stereocenters. The Morgan fingerprint density at radius 1 is 0.591 bits per heavy atom. The van der Waals surface area contributed by atoms with Gasteiger partial charge in [-0.3, -0.25) is 0 Å². The Morgan fingerprint density at radius 3 is 1.14 bits per heavy atom. The molecule has 0 saturated carbocycles. The van der Waals surface area contributed by atoms with Gasteiger partial charge in [-0.25, -0.2) is 0 Å². The Kier molecular flexibility index (Phi) is 25.7. The molecule has 0 radical (unpaired) electrons. The SMILES string of the molecule is CCCCCCCCCCCCCCCCCC[PH](=O)[O-].[Na+]. The number of hydrogen-bond acceptors (Lipinski definition) is 2. The summed E-state index contributed by atoms with van der Waals surface area (Å²) < 4.78 is 10.4. The first-order valence-electron chi connectivity index (χ1n) is 9.47. The molecule has 0 aromatic rings. The molecule has 0 rings (SSSR count). The van der Waals surface area contributed by atoms with Crippen molar-refractivity contribution in [1.82, 2.24) is 0 Å². The number of unbranched alkanes of at least 4 members (excludes halogenated alkanes) is 15. The molecule has 0 spiro atoms. The predicted molar refractivity (Wildman–Crippen MR) is 93.4 cm³/mol. The molecule has 22 heavy (non-hydrogen) atoms. The Hall–Kier alpha value is 1.19. The van der Waals surface area contributed by atoms with Gasteiger partial charge in [0.15, 0.2) is 0 Å². The molecule has 0 heterocycles. The summed E-state index contributed by atoms with van der Waals surface area (Å²) in [4.78, 5) is 10.4. The Bertz CT molecular complexity index is 225. The van der Waals surface area contributed by atoms with Crippen LogP contribution in [0.4, 0.5) is 0 Å². The van der Waals surface area contributed by atoms with E-state index in [0.29, 0.717) is 6.16 Å². The van der Waals surface area contributed by atoms with E-state index in [4.69, 9.17) is 0 Å². The van der Waals surface area contributed by atoms with Crippen LogP contribution in [0.15, 0.2) is 0 Å². The Balaban J connectivity index is 0. The van der Waals surface area contributed by atoms with E-state index in [2.05, 4.69) is 6.92 Å². The number of rotatable bonds is 17. The molecule has 2 nitrogen and oxygen atoms in total. The zero-order chi connectivity index (χ0) is 15.6. The molecule has 0 amide bonds. The quantitative estimate of drug-likeness (QED) is 0.232. The van der Waals surface area contributed by atoms with Crippen molar-refractivity contribution >= 4 is 8.03 Å². The molecule has 0 aliphatic carbocycles. The molecule has 0 bridgehead atoms. The van der Waals surface area contributed by atoms with Crippen molar-refractivity contribution in [3.8, 4) is 0 Å². The zero-order valence-corrected chi connectivity index (χ0v) is 18.3. The van der Waals surface area contributed by atoms with E-state index in [1.165, 1.54) is 89.9 Å². The minimum absolute atomic E-state index is 0. The second-order valence-corrected chi connectivity index (χ2v) is 7.67. The smallest absolute Gasteiger partial charge is 0.802 e. The molecular weight excluding hydrogens is 302 g/mol. The third kappa shape index (κ3) is 23.5. The van der Waals surface area contributed by atoms with E-state index in [1.807, 2.05) is 0 Å².